The van der Waals surface area contributed by atoms with Gasteiger partial charge in [0.2, 0.25) is 0 Å². The summed E-state index contributed by atoms with van der Waals surface area (Å²) in [6, 6.07) is 15.4. The van der Waals surface area contributed by atoms with Crippen LogP contribution in [0, 0.1) is 0 Å². The molecular weight excluding hydrogens is 258 g/mol. The van der Waals surface area contributed by atoms with Gasteiger partial charge < -0.3 is 0 Å². The van der Waals surface area contributed by atoms with Crippen molar-refractivity contribution in [1.82, 2.24) is 15.2 Å². The Morgan fingerprint density at radius 1 is 0.762 bits per heavy atom. The zero-order valence-electron chi connectivity index (χ0n) is 11.8. The summed E-state index contributed by atoms with van der Waals surface area (Å²) in [6.45, 7) is 0. The monoisotopic (exact) mass is 275 g/mol. The standard InChI is InChI=1S/C18H17N3/c1-3-14-4-2-13(1)5-7-15-8-10-16(9-6-14)20-18(15)17-11-12-19-21-17/h1-4,8,10-12H,5-7,9H2,(H,19,21). The highest BCUT2D eigenvalue weighted by atomic mass is 15.1. The van der Waals surface area contributed by atoms with E-state index in [2.05, 4.69) is 46.6 Å². The Kier molecular flexibility index (Phi) is 3.03. The van der Waals surface area contributed by atoms with E-state index in [0.29, 0.717) is 0 Å². The van der Waals surface area contributed by atoms with Crippen LogP contribution in [0.5, 0.6) is 0 Å². The highest BCUT2D eigenvalue weighted by Gasteiger charge is 2.11. The predicted octanol–water partition coefficient (Wildman–Crippen LogP) is 3.36. The number of nitrogens with zero attached hydrogens (tertiary/aromatic N) is 2. The van der Waals surface area contributed by atoms with Gasteiger partial charge >= 0.3 is 0 Å². The van der Waals surface area contributed by atoms with Gasteiger partial charge in [-0.25, -0.2) is 0 Å². The maximum atomic E-state index is 4.87. The molecule has 2 aliphatic carbocycles. The van der Waals surface area contributed by atoms with E-state index in [9.17, 15) is 0 Å². The zero-order chi connectivity index (χ0) is 14.1. The number of H-pyrrole nitrogens is 1. The minimum atomic E-state index is 0.973. The van der Waals surface area contributed by atoms with E-state index in [0.717, 1.165) is 42.8 Å². The van der Waals surface area contributed by atoms with Gasteiger partial charge in [-0.1, -0.05) is 30.3 Å². The number of aryl methyl sites for hydroxylation is 4. The molecule has 0 spiro atoms. The first kappa shape index (κ1) is 12.3. The quantitative estimate of drug-likeness (QED) is 0.740. The van der Waals surface area contributed by atoms with Crippen molar-refractivity contribution in [2.75, 3.05) is 0 Å². The second-order valence-corrected chi connectivity index (χ2v) is 5.60. The van der Waals surface area contributed by atoms with Gasteiger partial charge in [0.1, 0.15) is 0 Å². The van der Waals surface area contributed by atoms with Crippen molar-refractivity contribution in [3.8, 4) is 11.4 Å². The number of nitrogens with one attached hydrogen (secondary N) is 1. The van der Waals surface area contributed by atoms with Crippen LogP contribution in [0.25, 0.3) is 11.4 Å². The van der Waals surface area contributed by atoms with E-state index in [1.165, 1.54) is 16.7 Å². The van der Waals surface area contributed by atoms with Crippen LogP contribution < -0.4 is 0 Å². The summed E-state index contributed by atoms with van der Waals surface area (Å²) in [5.41, 5.74) is 7.27. The average Bonchev–Trinajstić information content (AvgIpc) is 3.04. The molecule has 0 atom stereocenters. The Morgan fingerprint density at radius 2 is 1.52 bits per heavy atom. The minimum Gasteiger partial charge on any atom is -0.276 e. The normalized spacial score (nSPS) is 13.9. The topological polar surface area (TPSA) is 41.6 Å². The molecule has 0 saturated carbocycles. The first-order valence-electron chi connectivity index (χ1n) is 7.45. The number of benzene rings is 1. The SMILES string of the molecule is c1cc(-c2nc3ccc2CCc2ccc(cc2)CC3)[nH]n1. The van der Waals surface area contributed by atoms with E-state index in [1.807, 2.05) is 6.07 Å². The molecule has 1 N–H and O–H groups in total. The van der Waals surface area contributed by atoms with E-state index in [-0.39, 0.29) is 0 Å². The summed E-state index contributed by atoms with van der Waals surface area (Å²) in [4.78, 5) is 4.87. The van der Waals surface area contributed by atoms with E-state index in [1.54, 1.807) is 6.20 Å². The van der Waals surface area contributed by atoms with Crippen LogP contribution in [0.2, 0.25) is 0 Å². The predicted molar refractivity (Wildman–Crippen MR) is 83.1 cm³/mol. The molecular formula is C18H17N3. The summed E-state index contributed by atoms with van der Waals surface area (Å²) in [6.07, 6.45) is 5.84. The van der Waals surface area contributed by atoms with Gasteiger partial charge in [0.05, 0.1) is 11.4 Å². The van der Waals surface area contributed by atoms with Crippen LogP contribution >= 0.6 is 0 Å². The number of aromatic amines is 1. The maximum Gasteiger partial charge on any atom is 0.0915 e. The molecule has 3 heteroatoms. The van der Waals surface area contributed by atoms with Crippen molar-refractivity contribution >= 4 is 0 Å². The van der Waals surface area contributed by atoms with E-state index < -0.39 is 0 Å². The molecule has 3 aromatic rings. The van der Waals surface area contributed by atoms with E-state index >= 15 is 0 Å². The van der Waals surface area contributed by atoms with Gasteiger partial charge in [-0.3, -0.25) is 10.1 Å². The largest absolute Gasteiger partial charge is 0.276 e. The number of pyridine rings is 1. The van der Waals surface area contributed by atoms with E-state index in [4.69, 9.17) is 4.98 Å². The molecule has 0 amide bonds. The molecule has 104 valence electrons. The Balaban J connectivity index is 1.79. The van der Waals surface area contributed by atoms with Crippen LogP contribution in [-0.2, 0) is 25.7 Å². The maximum absolute atomic E-state index is 4.87. The lowest BCUT2D eigenvalue weighted by Crippen LogP contribution is -2.03. The van der Waals surface area contributed by atoms with Gasteiger partial charge in [-0.2, -0.15) is 5.10 Å². The summed E-state index contributed by atoms with van der Waals surface area (Å²) in [5, 5.41) is 7.11. The van der Waals surface area contributed by atoms with Crippen molar-refractivity contribution in [1.29, 1.82) is 0 Å². The smallest absolute Gasteiger partial charge is 0.0915 e. The third-order valence-electron chi connectivity index (χ3n) is 4.17. The summed E-state index contributed by atoms with van der Waals surface area (Å²) in [5.74, 6) is 0. The van der Waals surface area contributed by atoms with Gasteiger partial charge in [0.25, 0.3) is 0 Å². The lowest BCUT2D eigenvalue weighted by molar-refractivity contribution is 0.881. The molecule has 2 aliphatic heterocycles. The third kappa shape index (κ3) is 2.47. The van der Waals surface area contributed by atoms with Crippen LogP contribution in [0.4, 0.5) is 0 Å². The van der Waals surface area contributed by atoms with Crippen LogP contribution in [0.15, 0.2) is 48.7 Å². The second kappa shape index (κ2) is 5.17. The summed E-state index contributed by atoms with van der Waals surface area (Å²) in [7, 11) is 0. The Labute approximate surface area is 124 Å². The van der Waals surface area contributed by atoms with Gasteiger partial charge in [-0.05, 0) is 54.5 Å². The molecule has 3 nitrogen and oxygen atoms in total. The molecule has 0 radical (unpaired) electrons. The van der Waals surface area contributed by atoms with Crippen molar-refractivity contribution in [2.45, 2.75) is 25.7 Å². The lowest BCUT2D eigenvalue weighted by atomic mass is 9.97. The summed E-state index contributed by atoms with van der Waals surface area (Å²) >= 11 is 0. The summed E-state index contributed by atoms with van der Waals surface area (Å²) < 4.78 is 0. The molecule has 0 fully saturated rings. The molecule has 4 bridgehead atoms. The molecule has 0 unspecified atom stereocenters. The lowest BCUT2D eigenvalue weighted by Gasteiger charge is -2.12. The highest BCUT2D eigenvalue weighted by Crippen LogP contribution is 2.23. The average molecular weight is 275 g/mol. The first-order valence-corrected chi connectivity index (χ1v) is 7.45. The van der Waals surface area contributed by atoms with Crippen molar-refractivity contribution in [3.05, 3.63) is 71.0 Å². The number of rotatable bonds is 1. The van der Waals surface area contributed by atoms with Gasteiger partial charge in [0, 0.05) is 11.9 Å². The van der Waals surface area contributed by atoms with Crippen molar-refractivity contribution in [3.63, 3.8) is 0 Å². The van der Waals surface area contributed by atoms with Crippen LogP contribution in [-0.4, -0.2) is 15.2 Å². The number of hydrogen-bond donors (Lipinski definition) is 1. The second-order valence-electron chi connectivity index (χ2n) is 5.60. The first-order chi connectivity index (χ1) is 10.4. The Morgan fingerprint density at radius 3 is 2.24 bits per heavy atom. The van der Waals surface area contributed by atoms with Crippen LogP contribution in [0.3, 0.4) is 0 Å². The zero-order valence-corrected chi connectivity index (χ0v) is 11.8. The molecule has 1 aromatic carbocycles. The highest BCUT2D eigenvalue weighted by molar-refractivity contribution is 5.58. The Bertz CT molecular complexity index is 743. The fraction of sp³-hybridized carbons (Fsp3) is 0.222. The Hall–Kier alpha value is -2.42. The van der Waals surface area contributed by atoms with Gasteiger partial charge in [0.15, 0.2) is 0 Å². The van der Waals surface area contributed by atoms with Gasteiger partial charge in [-0.15, -0.1) is 0 Å². The van der Waals surface area contributed by atoms with Crippen molar-refractivity contribution in [2.24, 2.45) is 0 Å². The fourth-order valence-corrected chi connectivity index (χ4v) is 2.91. The molecule has 0 saturated heterocycles. The third-order valence-corrected chi connectivity index (χ3v) is 4.17. The molecule has 4 aliphatic rings. The molecule has 21 heavy (non-hydrogen) atoms. The fourth-order valence-electron chi connectivity index (χ4n) is 2.91. The van der Waals surface area contributed by atoms with Crippen molar-refractivity contribution < 1.29 is 0 Å². The number of hydrogen-bond acceptors (Lipinski definition) is 2. The molecule has 4 heterocycles. The molecule has 2 aromatic heterocycles. The minimum absolute atomic E-state index is 0.973. The van der Waals surface area contributed by atoms with Crippen LogP contribution in [0.1, 0.15) is 22.4 Å². The molecule has 7 rings (SSSR count). The number of aromatic nitrogens is 3.